The molecule has 6 nitrogen and oxygen atoms in total. The van der Waals surface area contributed by atoms with Crippen LogP contribution in [0.4, 0.5) is 4.79 Å². The van der Waals surface area contributed by atoms with Crippen LogP contribution in [-0.4, -0.2) is 50.7 Å². The van der Waals surface area contributed by atoms with Gasteiger partial charge in [0.2, 0.25) is 0 Å². The molecule has 0 aromatic heterocycles. The molecule has 4 N–H and O–H groups in total. The smallest absolute Gasteiger partial charge is 0.321 e. The number of amides is 3. The highest BCUT2D eigenvalue weighted by Gasteiger charge is 2.31. The topological polar surface area (TPSA) is 67.1 Å². The van der Waals surface area contributed by atoms with Crippen molar-refractivity contribution < 1.29 is 19.4 Å². The molecule has 2 aromatic rings. The molecule has 0 bridgehead atoms. The third kappa shape index (κ3) is 6.83. The SMILES string of the molecule is C[C@@H](C(=O)NC(=O)NCc1ccccc1)[NH+]1CC[NH+](C/C=C/c2ccccc2)CC1. The van der Waals surface area contributed by atoms with Crippen molar-refractivity contribution in [1.29, 1.82) is 0 Å². The summed E-state index contributed by atoms with van der Waals surface area (Å²) in [6.07, 6.45) is 4.39. The van der Waals surface area contributed by atoms with Crippen molar-refractivity contribution in [3.05, 3.63) is 77.9 Å². The first-order valence-corrected chi connectivity index (χ1v) is 10.6. The lowest BCUT2D eigenvalue weighted by molar-refractivity contribution is -1.02. The van der Waals surface area contributed by atoms with E-state index in [1.807, 2.05) is 55.5 Å². The van der Waals surface area contributed by atoms with Crippen molar-refractivity contribution in [1.82, 2.24) is 10.6 Å². The van der Waals surface area contributed by atoms with Crippen LogP contribution in [0.25, 0.3) is 6.08 Å². The van der Waals surface area contributed by atoms with Gasteiger partial charge in [0.15, 0.2) is 6.04 Å². The molecule has 1 aliphatic rings. The Balaban J connectivity index is 1.36. The summed E-state index contributed by atoms with van der Waals surface area (Å²) in [6, 6.07) is 19.3. The van der Waals surface area contributed by atoms with E-state index in [0.29, 0.717) is 6.54 Å². The Labute approximate surface area is 178 Å². The Morgan fingerprint density at radius 1 is 0.967 bits per heavy atom. The Hall–Kier alpha value is -2.96. The molecular formula is C24H32N4O2+2. The summed E-state index contributed by atoms with van der Waals surface area (Å²) in [5.41, 5.74) is 2.22. The minimum Gasteiger partial charge on any atom is -0.334 e. The van der Waals surface area contributed by atoms with Crippen molar-refractivity contribution in [3.63, 3.8) is 0 Å². The normalized spacial score (nSPS) is 19.9. The monoisotopic (exact) mass is 408 g/mol. The summed E-state index contributed by atoms with van der Waals surface area (Å²) in [7, 11) is 0. The molecule has 3 amide bonds. The molecule has 1 saturated heterocycles. The number of nitrogens with one attached hydrogen (secondary N) is 4. The van der Waals surface area contributed by atoms with Crippen LogP contribution in [0, 0.1) is 0 Å². The molecule has 1 atom stereocenters. The van der Waals surface area contributed by atoms with Gasteiger partial charge in [0.1, 0.15) is 26.2 Å². The second kappa shape index (κ2) is 11.3. The summed E-state index contributed by atoms with van der Waals surface area (Å²) >= 11 is 0. The van der Waals surface area contributed by atoms with Crippen molar-refractivity contribution in [2.75, 3.05) is 32.7 Å². The second-order valence-electron chi connectivity index (χ2n) is 7.80. The minimum atomic E-state index is -0.439. The number of urea groups is 1. The molecule has 1 heterocycles. The lowest BCUT2D eigenvalue weighted by Gasteiger charge is -2.32. The highest BCUT2D eigenvalue weighted by Crippen LogP contribution is 1.99. The van der Waals surface area contributed by atoms with Gasteiger partial charge >= 0.3 is 6.03 Å². The first kappa shape index (κ1) is 21.7. The van der Waals surface area contributed by atoms with Crippen molar-refractivity contribution in [3.8, 4) is 0 Å². The van der Waals surface area contributed by atoms with Gasteiger partial charge in [-0.25, -0.2) is 4.79 Å². The first-order valence-electron chi connectivity index (χ1n) is 10.6. The van der Waals surface area contributed by atoms with Crippen molar-refractivity contribution >= 4 is 18.0 Å². The fraction of sp³-hybridized carbons (Fsp3) is 0.333. The first-order chi connectivity index (χ1) is 14.6. The quantitative estimate of drug-likeness (QED) is 0.517. The summed E-state index contributed by atoms with van der Waals surface area (Å²) in [6.45, 7) is 7.18. The second-order valence-corrected chi connectivity index (χ2v) is 7.80. The van der Waals surface area contributed by atoms with Gasteiger partial charge in [-0.05, 0) is 24.1 Å². The maximum atomic E-state index is 12.5. The largest absolute Gasteiger partial charge is 0.334 e. The van der Waals surface area contributed by atoms with Crippen LogP contribution in [-0.2, 0) is 11.3 Å². The number of benzene rings is 2. The molecule has 0 unspecified atom stereocenters. The molecule has 2 aromatic carbocycles. The van der Waals surface area contributed by atoms with E-state index in [4.69, 9.17) is 0 Å². The van der Waals surface area contributed by atoms with Gasteiger partial charge in [0.25, 0.3) is 5.91 Å². The van der Waals surface area contributed by atoms with Gasteiger partial charge in [-0.15, -0.1) is 0 Å². The molecule has 30 heavy (non-hydrogen) atoms. The maximum absolute atomic E-state index is 12.5. The predicted octanol–water partition coefficient (Wildman–Crippen LogP) is -0.102. The molecule has 1 aliphatic heterocycles. The molecule has 0 aliphatic carbocycles. The summed E-state index contributed by atoms with van der Waals surface area (Å²) in [4.78, 5) is 27.3. The predicted molar refractivity (Wildman–Crippen MR) is 118 cm³/mol. The Bertz CT molecular complexity index is 831. The van der Waals surface area contributed by atoms with Gasteiger partial charge in [-0.2, -0.15) is 0 Å². The van der Waals surface area contributed by atoms with Crippen molar-refractivity contribution in [2.24, 2.45) is 0 Å². The zero-order chi connectivity index (χ0) is 21.2. The van der Waals surface area contributed by atoms with E-state index in [2.05, 4.69) is 34.9 Å². The summed E-state index contributed by atoms with van der Waals surface area (Å²) in [5, 5.41) is 5.22. The molecule has 0 spiro atoms. The van der Waals surface area contributed by atoms with Crippen LogP contribution in [0.2, 0.25) is 0 Å². The van der Waals surface area contributed by atoms with Crippen LogP contribution in [0.1, 0.15) is 18.1 Å². The summed E-state index contributed by atoms with van der Waals surface area (Å²) < 4.78 is 0. The molecule has 6 heteroatoms. The average molecular weight is 409 g/mol. The van der Waals surface area contributed by atoms with E-state index in [9.17, 15) is 9.59 Å². The fourth-order valence-electron chi connectivity index (χ4n) is 3.72. The average Bonchev–Trinajstić information content (AvgIpc) is 2.79. The van der Waals surface area contributed by atoms with E-state index in [1.54, 1.807) is 0 Å². The lowest BCUT2D eigenvalue weighted by Crippen LogP contribution is -3.30. The molecule has 1 fully saturated rings. The fourth-order valence-corrected chi connectivity index (χ4v) is 3.72. The molecule has 158 valence electrons. The van der Waals surface area contributed by atoms with Gasteiger partial charge in [-0.3, -0.25) is 10.1 Å². The van der Waals surface area contributed by atoms with Crippen LogP contribution in [0.3, 0.4) is 0 Å². The van der Waals surface area contributed by atoms with E-state index in [-0.39, 0.29) is 11.9 Å². The highest BCUT2D eigenvalue weighted by atomic mass is 16.2. The van der Waals surface area contributed by atoms with Crippen LogP contribution >= 0.6 is 0 Å². The Kier molecular flexibility index (Phi) is 8.18. The summed E-state index contributed by atoms with van der Waals surface area (Å²) in [5.74, 6) is -0.219. The number of imide groups is 1. The number of hydrogen-bond acceptors (Lipinski definition) is 2. The Morgan fingerprint density at radius 2 is 1.60 bits per heavy atom. The number of hydrogen-bond donors (Lipinski definition) is 4. The van der Waals surface area contributed by atoms with E-state index in [0.717, 1.165) is 38.3 Å². The lowest BCUT2D eigenvalue weighted by atomic mass is 10.2. The van der Waals surface area contributed by atoms with Gasteiger partial charge < -0.3 is 15.1 Å². The van der Waals surface area contributed by atoms with Crippen LogP contribution < -0.4 is 20.4 Å². The van der Waals surface area contributed by atoms with E-state index < -0.39 is 6.03 Å². The van der Waals surface area contributed by atoms with Gasteiger partial charge in [-0.1, -0.05) is 66.7 Å². The molecule has 3 rings (SSSR count). The minimum absolute atomic E-state index is 0.219. The van der Waals surface area contributed by atoms with Gasteiger partial charge in [0.05, 0.1) is 6.54 Å². The molecule has 0 saturated carbocycles. The maximum Gasteiger partial charge on any atom is 0.321 e. The van der Waals surface area contributed by atoms with Crippen LogP contribution in [0.5, 0.6) is 0 Å². The number of piperazine rings is 1. The van der Waals surface area contributed by atoms with Gasteiger partial charge in [0, 0.05) is 6.54 Å². The number of quaternary nitrogens is 2. The number of rotatable bonds is 7. The zero-order valence-corrected chi connectivity index (χ0v) is 17.6. The third-order valence-electron chi connectivity index (χ3n) is 5.65. The Morgan fingerprint density at radius 3 is 2.27 bits per heavy atom. The standard InChI is InChI=1S/C24H30N4O2/c1-20(23(29)26-24(30)25-19-22-11-6-3-7-12-22)28-17-15-27(16-18-28)14-8-13-21-9-4-2-5-10-21/h2-13,20H,14-19H2,1H3,(H2,25,26,29,30)/p+2/b13-8+/t20-/m0/s1. The van der Waals surface area contributed by atoms with Crippen LogP contribution in [0.15, 0.2) is 66.7 Å². The number of carbonyl (C=O) groups excluding carboxylic acids is 2. The zero-order valence-electron chi connectivity index (χ0n) is 17.6. The highest BCUT2D eigenvalue weighted by molar-refractivity contribution is 5.96. The van der Waals surface area contributed by atoms with Crippen molar-refractivity contribution in [2.45, 2.75) is 19.5 Å². The van der Waals surface area contributed by atoms with E-state index in [1.165, 1.54) is 15.4 Å². The molecular weight excluding hydrogens is 376 g/mol. The molecule has 0 radical (unpaired) electrons. The number of carbonyl (C=O) groups is 2. The van der Waals surface area contributed by atoms with E-state index >= 15 is 0 Å². The third-order valence-corrected chi connectivity index (χ3v) is 5.65.